The lowest BCUT2D eigenvalue weighted by molar-refractivity contribution is -0.122. The Morgan fingerprint density at radius 3 is 1.56 bits per heavy atom. The predicted molar refractivity (Wildman–Crippen MR) is 207 cm³/mol. The summed E-state index contributed by atoms with van der Waals surface area (Å²) in [6.45, 7) is 4.39. The summed E-state index contributed by atoms with van der Waals surface area (Å²) in [6.07, 6.45) is 50.0. The largest absolute Gasteiger partial charge is 0.387 e. The zero-order valence-corrected chi connectivity index (χ0v) is 31.1. The third kappa shape index (κ3) is 34.8. The van der Waals surface area contributed by atoms with Crippen LogP contribution >= 0.6 is 0 Å². The molecule has 0 saturated carbocycles. The molecule has 3 N–H and O–H groups in total. The van der Waals surface area contributed by atoms with Gasteiger partial charge in [-0.05, 0) is 70.6 Å². The highest BCUT2D eigenvalue weighted by Gasteiger charge is 2.24. The summed E-state index contributed by atoms with van der Waals surface area (Å²) >= 11 is 0. The molecule has 0 fully saturated rings. The van der Waals surface area contributed by atoms with E-state index in [1.165, 1.54) is 70.3 Å². The van der Waals surface area contributed by atoms with E-state index in [1.54, 1.807) is 6.08 Å². The van der Waals surface area contributed by atoms with E-state index in [2.05, 4.69) is 86.0 Å². The van der Waals surface area contributed by atoms with Crippen LogP contribution in [0.15, 0.2) is 85.1 Å². The van der Waals surface area contributed by atoms with Crippen molar-refractivity contribution in [3.05, 3.63) is 85.1 Å². The Morgan fingerprint density at radius 1 is 0.583 bits per heavy atom. The van der Waals surface area contributed by atoms with Crippen molar-refractivity contribution in [3.63, 3.8) is 0 Å². The van der Waals surface area contributed by atoms with E-state index in [0.29, 0.717) is 12.8 Å². The number of hydrogen-bond acceptors (Lipinski definition) is 4. The molecule has 6 nitrogen and oxygen atoms in total. The number of nitrogens with one attached hydrogen (secondary N) is 1. The van der Waals surface area contributed by atoms with E-state index >= 15 is 0 Å². The topological polar surface area (TPSA) is 104 Å². The fraction of sp³-hybridized carbons (Fsp3) is 0.634. The van der Waals surface area contributed by atoms with Gasteiger partial charge < -0.3 is 10.4 Å². The van der Waals surface area contributed by atoms with Gasteiger partial charge in [-0.15, -0.1) is 0 Å². The van der Waals surface area contributed by atoms with E-state index < -0.39 is 28.0 Å². The fourth-order valence-corrected chi connectivity index (χ4v) is 5.76. The Hall–Kier alpha value is -2.48. The maximum Gasteiger partial charge on any atom is 0.267 e. The Labute approximate surface area is 295 Å². The summed E-state index contributed by atoms with van der Waals surface area (Å²) in [5, 5.41) is 13.1. The minimum absolute atomic E-state index is 0.205. The third-order valence-electron chi connectivity index (χ3n) is 7.81. The second kappa shape index (κ2) is 34.4. The van der Waals surface area contributed by atoms with Crippen molar-refractivity contribution in [2.24, 2.45) is 0 Å². The highest BCUT2D eigenvalue weighted by atomic mass is 32.2. The van der Waals surface area contributed by atoms with Gasteiger partial charge in [-0.1, -0.05) is 157 Å². The van der Waals surface area contributed by atoms with Crippen LogP contribution in [0.2, 0.25) is 0 Å². The Morgan fingerprint density at radius 2 is 1.02 bits per heavy atom. The van der Waals surface area contributed by atoms with Gasteiger partial charge in [0.05, 0.1) is 17.9 Å². The summed E-state index contributed by atoms with van der Waals surface area (Å²) in [5.74, 6) is -1.09. The van der Waals surface area contributed by atoms with E-state index in [9.17, 15) is 22.9 Å². The highest BCUT2D eigenvalue weighted by molar-refractivity contribution is 7.85. The van der Waals surface area contributed by atoms with Crippen LogP contribution in [0.4, 0.5) is 0 Å². The Kier molecular flexibility index (Phi) is 32.6. The number of hydrogen-bond donors (Lipinski definition) is 3. The van der Waals surface area contributed by atoms with Crippen molar-refractivity contribution in [3.8, 4) is 0 Å². The number of unbranched alkanes of at least 4 members (excludes halogenated alkanes) is 12. The second-order valence-corrected chi connectivity index (χ2v) is 14.0. The summed E-state index contributed by atoms with van der Waals surface area (Å²) in [5.41, 5.74) is 0. The third-order valence-corrected chi connectivity index (χ3v) is 8.59. The van der Waals surface area contributed by atoms with Gasteiger partial charge in [-0.2, -0.15) is 8.42 Å². The molecule has 0 spiro atoms. The van der Waals surface area contributed by atoms with Crippen LogP contribution in [-0.4, -0.2) is 41.9 Å². The highest BCUT2D eigenvalue weighted by Crippen LogP contribution is 2.12. The molecule has 2 unspecified atom stereocenters. The van der Waals surface area contributed by atoms with E-state index in [0.717, 1.165) is 51.4 Å². The average molecular weight is 688 g/mol. The molecule has 0 saturated heterocycles. The van der Waals surface area contributed by atoms with Crippen molar-refractivity contribution in [1.29, 1.82) is 0 Å². The van der Waals surface area contributed by atoms with Gasteiger partial charge in [-0.3, -0.25) is 9.35 Å². The molecule has 0 aliphatic carbocycles. The Balaban J connectivity index is 4.17. The lowest BCUT2D eigenvalue weighted by Gasteiger charge is -2.21. The quantitative estimate of drug-likeness (QED) is 0.0371. The first-order chi connectivity index (χ1) is 23.3. The number of aliphatic hydroxyl groups is 1. The van der Waals surface area contributed by atoms with Crippen molar-refractivity contribution in [2.75, 3.05) is 5.75 Å². The number of amides is 1. The van der Waals surface area contributed by atoms with Gasteiger partial charge >= 0.3 is 0 Å². The van der Waals surface area contributed by atoms with Gasteiger partial charge in [0.2, 0.25) is 5.91 Å². The zero-order valence-electron chi connectivity index (χ0n) is 30.3. The fourth-order valence-electron chi connectivity index (χ4n) is 5.03. The molecule has 0 heterocycles. The first kappa shape index (κ1) is 45.5. The lowest BCUT2D eigenvalue weighted by atomic mass is 10.1. The van der Waals surface area contributed by atoms with Crippen molar-refractivity contribution < 1.29 is 22.9 Å². The molecule has 0 radical (unpaired) electrons. The lowest BCUT2D eigenvalue weighted by Crippen LogP contribution is -2.46. The van der Waals surface area contributed by atoms with Crippen LogP contribution in [0.5, 0.6) is 0 Å². The van der Waals surface area contributed by atoms with Crippen molar-refractivity contribution in [2.45, 2.75) is 161 Å². The molecule has 2 atom stereocenters. The van der Waals surface area contributed by atoms with Gasteiger partial charge in [0.1, 0.15) is 0 Å². The summed E-state index contributed by atoms with van der Waals surface area (Å²) in [4.78, 5) is 12.4. The molecule has 0 aliphatic rings. The molecule has 7 heteroatoms. The van der Waals surface area contributed by atoms with Crippen LogP contribution < -0.4 is 5.32 Å². The first-order valence-electron chi connectivity index (χ1n) is 18.8. The standard InChI is InChI=1S/C41H69NO5S/c1-3-5-7-9-11-13-15-17-19-21-23-25-27-29-31-33-35-37-41(44)42-39(38-48(45,46)47)40(43)36-34-32-30-28-26-24-22-20-18-16-14-12-10-8-6-4-2/h5,7,11,13,17,19,23,25-26,28-29,31,34,36,39-40,43H,3-4,6,8-10,12,14-16,18,20-22,24,27,30,32-33,35,37-38H2,1-2H3,(H,42,44)(H,45,46,47)/b7-5-,13-11-,19-17-,25-23-,28-26+,31-29-,36-34+. The van der Waals surface area contributed by atoms with E-state index in [4.69, 9.17) is 0 Å². The second-order valence-electron chi connectivity index (χ2n) is 12.5. The average Bonchev–Trinajstić information content (AvgIpc) is 3.05. The molecule has 274 valence electrons. The maximum absolute atomic E-state index is 12.4. The van der Waals surface area contributed by atoms with Crippen LogP contribution in [0.25, 0.3) is 0 Å². The molecular weight excluding hydrogens is 619 g/mol. The molecule has 0 bridgehead atoms. The number of carbonyl (C=O) groups is 1. The van der Waals surface area contributed by atoms with Crippen LogP contribution in [-0.2, 0) is 14.9 Å². The van der Waals surface area contributed by atoms with E-state index in [1.807, 2.05) is 6.08 Å². The van der Waals surface area contributed by atoms with Gasteiger partial charge in [0.25, 0.3) is 10.1 Å². The maximum atomic E-state index is 12.4. The van der Waals surface area contributed by atoms with Gasteiger partial charge in [-0.25, -0.2) is 0 Å². The van der Waals surface area contributed by atoms with E-state index in [-0.39, 0.29) is 12.3 Å². The minimum Gasteiger partial charge on any atom is -0.387 e. The molecule has 0 aromatic rings. The summed E-state index contributed by atoms with van der Waals surface area (Å²) in [6, 6.07) is -1.11. The summed E-state index contributed by atoms with van der Waals surface area (Å²) in [7, 11) is -4.37. The van der Waals surface area contributed by atoms with Crippen LogP contribution in [0, 0.1) is 0 Å². The van der Waals surface area contributed by atoms with Crippen molar-refractivity contribution in [1.82, 2.24) is 5.32 Å². The SMILES string of the molecule is CC/C=C\C/C=C\C/C=C\C/C=C\C/C=C\CCCC(=O)NC(CS(=O)(=O)O)C(O)/C=C/CC/C=C/CCCCCCCCCCCC. The molecule has 0 aromatic carbocycles. The smallest absolute Gasteiger partial charge is 0.267 e. The van der Waals surface area contributed by atoms with Crippen LogP contribution in [0.3, 0.4) is 0 Å². The normalized spacial score (nSPS) is 14.3. The summed E-state index contributed by atoms with van der Waals surface area (Å²) < 4.78 is 32.4. The first-order valence-corrected chi connectivity index (χ1v) is 20.4. The zero-order chi connectivity index (χ0) is 35.4. The monoisotopic (exact) mass is 687 g/mol. The molecule has 0 aromatic heterocycles. The van der Waals surface area contributed by atoms with Gasteiger partial charge in [0, 0.05) is 6.42 Å². The van der Waals surface area contributed by atoms with Crippen molar-refractivity contribution >= 4 is 16.0 Å². The molecular formula is C41H69NO5S. The number of allylic oxidation sites excluding steroid dienone is 13. The number of aliphatic hydroxyl groups excluding tert-OH is 1. The minimum atomic E-state index is -4.37. The van der Waals surface area contributed by atoms with Crippen LogP contribution in [0.1, 0.15) is 149 Å². The van der Waals surface area contributed by atoms with Gasteiger partial charge in [0.15, 0.2) is 0 Å². The Bertz CT molecular complexity index is 1070. The predicted octanol–water partition coefficient (Wildman–Crippen LogP) is 10.8. The molecule has 1 amide bonds. The molecule has 0 rings (SSSR count). The molecule has 0 aliphatic heterocycles. The number of rotatable bonds is 32. The number of carbonyl (C=O) groups excluding carboxylic acids is 1. The molecule has 48 heavy (non-hydrogen) atoms.